The van der Waals surface area contributed by atoms with Gasteiger partial charge >= 0.3 is 6.36 Å². The molecule has 1 aromatic carbocycles. The number of thiazole rings is 1. The van der Waals surface area contributed by atoms with E-state index in [0.29, 0.717) is 12.0 Å². The second-order valence-corrected chi connectivity index (χ2v) is 5.26. The number of rotatable bonds is 4. The summed E-state index contributed by atoms with van der Waals surface area (Å²) in [7, 11) is 0. The molecule has 3 nitrogen and oxygen atoms in total. The molecular weight excluding hydrogens is 291 g/mol. The molecule has 0 spiro atoms. The van der Waals surface area contributed by atoms with Crippen molar-refractivity contribution in [3.05, 3.63) is 45.9 Å². The first kappa shape index (κ1) is 14.8. The maximum absolute atomic E-state index is 12.0. The topological polar surface area (TPSA) is 42.4 Å². The summed E-state index contributed by atoms with van der Waals surface area (Å²) >= 11 is 1.48. The molecule has 1 atom stereocenters. The molecule has 0 amide bonds. The Hall–Kier alpha value is -1.60. The van der Waals surface area contributed by atoms with Crippen molar-refractivity contribution in [2.24, 2.45) is 0 Å². The number of aliphatic hydroxyl groups is 1. The van der Waals surface area contributed by atoms with Gasteiger partial charge in [0.2, 0.25) is 0 Å². The van der Waals surface area contributed by atoms with Crippen LogP contribution in [0.5, 0.6) is 5.75 Å². The Morgan fingerprint density at radius 3 is 2.45 bits per heavy atom. The van der Waals surface area contributed by atoms with Crippen molar-refractivity contribution < 1.29 is 23.0 Å². The van der Waals surface area contributed by atoms with Gasteiger partial charge in [0.25, 0.3) is 0 Å². The lowest BCUT2D eigenvalue weighted by Crippen LogP contribution is -2.17. The number of halogens is 3. The van der Waals surface area contributed by atoms with Crippen molar-refractivity contribution in [3.8, 4) is 5.75 Å². The SMILES string of the molecule is Cc1nc(CC(O)c2ccc(OC(F)(F)F)cc2)cs1. The van der Waals surface area contributed by atoms with Crippen LogP contribution in [0.15, 0.2) is 29.6 Å². The number of hydrogen-bond donors (Lipinski definition) is 1. The molecule has 20 heavy (non-hydrogen) atoms. The Kier molecular flexibility index (Phi) is 4.29. The fourth-order valence-corrected chi connectivity index (χ4v) is 2.34. The van der Waals surface area contributed by atoms with Crippen molar-refractivity contribution in [2.45, 2.75) is 25.8 Å². The van der Waals surface area contributed by atoms with Crippen molar-refractivity contribution >= 4 is 11.3 Å². The predicted molar refractivity (Wildman–Crippen MR) is 68.6 cm³/mol. The zero-order valence-corrected chi connectivity index (χ0v) is 11.3. The highest BCUT2D eigenvalue weighted by atomic mass is 32.1. The van der Waals surface area contributed by atoms with Crippen molar-refractivity contribution in [1.82, 2.24) is 4.98 Å². The van der Waals surface area contributed by atoms with E-state index in [1.165, 1.54) is 35.6 Å². The van der Waals surface area contributed by atoms with Crippen LogP contribution in [-0.2, 0) is 6.42 Å². The van der Waals surface area contributed by atoms with E-state index in [2.05, 4.69) is 9.72 Å². The smallest absolute Gasteiger partial charge is 0.406 e. The van der Waals surface area contributed by atoms with Crippen molar-refractivity contribution in [3.63, 3.8) is 0 Å². The van der Waals surface area contributed by atoms with E-state index in [1.807, 2.05) is 12.3 Å². The van der Waals surface area contributed by atoms with Crippen LogP contribution in [0.4, 0.5) is 13.2 Å². The fourth-order valence-electron chi connectivity index (χ4n) is 1.71. The third-order valence-corrected chi connectivity index (χ3v) is 3.39. The maximum atomic E-state index is 12.0. The van der Waals surface area contributed by atoms with Crippen molar-refractivity contribution in [2.75, 3.05) is 0 Å². The van der Waals surface area contributed by atoms with Crippen LogP contribution < -0.4 is 4.74 Å². The summed E-state index contributed by atoms with van der Waals surface area (Å²) in [5.41, 5.74) is 1.28. The molecule has 1 N–H and O–H groups in total. The molecule has 108 valence electrons. The van der Waals surface area contributed by atoms with Crippen LogP contribution in [0.25, 0.3) is 0 Å². The fraction of sp³-hybridized carbons (Fsp3) is 0.308. The average Bonchev–Trinajstić information content (AvgIpc) is 2.73. The summed E-state index contributed by atoms with van der Waals surface area (Å²) in [6.45, 7) is 1.86. The lowest BCUT2D eigenvalue weighted by Gasteiger charge is -2.12. The Balaban J connectivity index is 2.02. The van der Waals surface area contributed by atoms with Gasteiger partial charge < -0.3 is 9.84 Å². The van der Waals surface area contributed by atoms with Gasteiger partial charge in [-0.05, 0) is 24.6 Å². The summed E-state index contributed by atoms with van der Waals surface area (Å²) in [6, 6.07) is 5.17. The molecule has 0 saturated carbocycles. The summed E-state index contributed by atoms with van der Waals surface area (Å²) in [5.74, 6) is -0.307. The monoisotopic (exact) mass is 303 g/mol. The zero-order valence-electron chi connectivity index (χ0n) is 10.5. The van der Waals surface area contributed by atoms with Gasteiger partial charge in [0, 0.05) is 11.8 Å². The van der Waals surface area contributed by atoms with E-state index in [9.17, 15) is 18.3 Å². The van der Waals surface area contributed by atoms with Gasteiger partial charge in [0.1, 0.15) is 5.75 Å². The van der Waals surface area contributed by atoms with Gasteiger partial charge in [-0.3, -0.25) is 0 Å². The molecule has 1 heterocycles. The predicted octanol–water partition coefficient (Wildman–Crippen LogP) is 3.63. The largest absolute Gasteiger partial charge is 0.573 e. The van der Waals surface area contributed by atoms with Crippen LogP contribution in [0, 0.1) is 6.92 Å². The Labute approximate surface area is 117 Å². The molecule has 0 aliphatic heterocycles. The lowest BCUT2D eigenvalue weighted by atomic mass is 10.1. The Morgan fingerprint density at radius 1 is 1.30 bits per heavy atom. The number of hydrogen-bond acceptors (Lipinski definition) is 4. The molecule has 0 bridgehead atoms. The van der Waals surface area contributed by atoms with Gasteiger partial charge in [-0.25, -0.2) is 4.98 Å². The maximum Gasteiger partial charge on any atom is 0.573 e. The quantitative estimate of drug-likeness (QED) is 0.938. The highest BCUT2D eigenvalue weighted by Crippen LogP contribution is 2.25. The van der Waals surface area contributed by atoms with Gasteiger partial charge in [-0.2, -0.15) is 0 Å². The molecule has 2 aromatic rings. The molecule has 7 heteroatoms. The molecule has 0 aliphatic rings. The molecule has 1 unspecified atom stereocenters. The van der Waals surface area contributed by atoms with Crippen LogP contribution in [-0.4, -0.2) is 16.5 Å². The molecule has 0 saturated heterocycles. The summed E-state index contributed by atoms with van der Waals surface area (Å²) < 4.78 is 39.8. The normalized spacial score (nSPS) is 13.2. The van der Waals surface area contributed by atoms with E-state index in [1.54, 1.807) is 0 Å². The summed E-state index contributed by atoms with van der Waals surface area (Å²) in [5, 5.41) is 12.8. The minimum atomic E-state index is -4.71. The van der Waals surface area contributed by atoms with Crippen LogP contribution in [0.2, 0.25) is 0 Å². The molecule has 1 aromatic heterocycles. The van der Waals surface area contributed by atoms with E-state index in [4.69, 9.17) is 0 Å². The number of nitrogens with zero attached hydrogens (tertiary/aromatic N) is 1. The second-order valence-electron chi connectivity index (χ2n) is 4.19. The van der Waals surface area contributed by atoms with Crippen molar-refractivity contribution in [1.29, 1.82) is 0 Å². The minimum absolute atomic E-state index is 0.307. The number of aryl methyl sites for hydroxylation is 1. The third kappa shape index (κ3) is 4.21. The Bertz CT molecular complexity index is 566. The van der Waals surface area contributed by atoms with Gasteiger partial charge in [0.05, 0.1) is 16.8 Å². The summed E-state index contributed by atoms with van der Waals surface area (Å²) in [4.78, 5) is 4.23. The number of aliphatic hydroxyl groups excluding tert-OH is 1. The first-order valence-corrected chi connectivity index (χ1v) is 6.66. The first-order valence-electron chi connectivity index (χ1n) is 5.78. The molecule has 0 aliphatic carbocycles. The highest BCUT2D eigenvalue weighted by molar-refractivity contribution is 7.09. The van der Waals surface area contributed by atoms with E-state index >= 15 is 0 Å². The number of benzene rings is 1. The highest BCUT2D eigenvalue weighted by Gasteiger charge is 2.31. The number of alkyl halides is 3. The van der Waals surface area contributed by atoms with Gasteiger partial charge in [-0.15, -0.1) is 24.5 Å². The van der Waals surface area contributed by atoms with Gasteiger partial charge in [0.15, 0.2) is 0 Å². The molecule has 0 radical (unpaired) electrons. The van der Waals surface area contributed by atoms with Crippen LogP contribution in [0.1, 0.15) is 22.4 Å². The van der Waals surface area contributed by atoms with E-state index in [0.717, 1.165) is 10.7 Å². The lowest BCUT2D eigenvalue weighted by molar-refractivity contribution is -0.274. The summed E-state index contributed by atoms with van der Waals surface area (Å²) in [6.07, 6.45) is -5.20. The second kappa shape index (κ2) is 5.80. The van der Waals surface area contributed by atoms with Crippen LogP contribution in [0.3, 0.4) is 0 Å². The first-order chi connectivity index (χ1) is 9.33. The average molecular weight is 303 g/mol. The zero-order chi connectivity index (χ0) is 14.8. The third-order valence-electron chi connectivity index (χ3n) is 2.57. The molecular formula is C13H12F3NO2S. The minimum Gasteiger partial charge on any atom is -0.406 e. The number of aromatic nitrogens is 1. The standard InChI is InChI=1S/C13H12F3NO2S/c1-8-17-10(7-20-8)6-12(18)9-2-4-11(5-3-9)19-13(14,15)16/h2-5,7,12,18H,6H2,1H3. The molecule has 0 fully saturated rings. The van der Waals surface area contributed by atoms with Gasteiger partial charge in [-0.1, -0.05) is 12.1 Å². The Morgan fingerprint density at radius 2 is 1.95 bits per heavy atom. The van der Waals surface area contributed by atoms with E-state index in [-0.39, 0.29) is 5.75 Å². The van der Waals surface area contributed by atoms with E-state index < -0.39 is 12.5 Å². The number of ether oxygens (including phenoxy) is 1. The molecule has 2 rings (SSSR count). The van der Waals surface area contributed by atoms with Crippen LogP contribution >= 0.6 is 11.3 Å².